The van der Waals surface area contributed by atoms with Crippen LogP contribution in [0.4, 0.5) is 0 Å². The van der Waals surface area contributed by atoms with Crippen LogP contribution in [0.3, 0.4) is 0 Å². The van der Waals surface area contributed by atoms with Gasteiger partial charge in [-0.25, -0.2) is 0 Å². The normalized spacial score (nSPS) is 15.6. The maximum Gasteiger partial charge on any atom is 0.0812 e. The summed E-state index contributed by atoms with van der Waals surface area (Å²) in [5.41, 5.74) is 5.35. The van der Waals surface area contributed by atoms with Crippen LogP contribution < -0.4 is 4.90 Å². The number of nitrogens with one attached hydrogen (secondary N) is 2. The van der Waals surface area contributed by atoms with Crippen molar-refractivity contribution in [2.24, 2.45) is 0 Å². The van der Waals surface area contributed by atoms with Crippen molar-refractivity contribution in [3.05, 3.63) is 60.2 Å². The highest BCUT2D eigenvalue weighted by atomic mass is 15.1. The molecule has 0 bridgehead atoms. The zero-order valence-electron chi connectivity index (χ0n) is 12.9. The second-order valence-electron chi connectivity index (χ2n) is 6.35. The molecule has 2 heterocycles. The fourth-order valence-corrected chi connectivity index (χ4v) is 3.74. The lowest BCUT2D eigenvalue weighted by Crippen LogP contribution is -3.10. The van der Waals surface area contributed by atoms with Gasteiger partial charge < -0.3 is 9.88 Å². The van der Waals surface area contributed by atoms with Gasteiger partial charge in [-0.15, -0.1) is 0 Å². The van der Waals surface area contributed by atoms with Crippen LogP contribution in [0, 0.1) is 0 Å². The molecule has 112 valence electrons. The largest absolute Gasteiger partial charge is 0.354 e. The van der Waals surface area contributed by atoms with Crippen molar-refractivity contribution in [3.8, 4) is 11.3 Å². The van der Waals surface area contributed by atoms with Gasteiger partial charge in [0.05, 0.1) is 19.6 Å². The minimum Gasteiger partial charge on any atom is -0.354 e. The van der Waals surface area contributed by atoms with Crippen molar-refractivity contribution in [3.63, 3.8) is 0 Å². The molecule has 2 aromatic carbocycles. The van der Waals surface area contributed by atoms with E-state index in [2.05, 4.69) is 59.6 Å². The van der Waals surface area contributed by atoms with Crippen LogP contribution in [0.25, 0.3) is 22.2 Å². The molecule has 0 amide bonds. The van der Waals surface area contributed by atoms with Gasteiger partial charge in [0, 0.05) is 35.9 Å². The molecule has 3 aromatic rings. The highest BCUT2D eigenvalue weighted by molar-refractivity contribution is 5.90. The third-order valence-electron chi connectivity index (χ3n) is 4.92. The van der Waals surface area contributed by atoms with Gasteiger partial charge >= 0.3 is 0 Å². The molecule has 0 spiro atoms. The first-order chi connectivity index (χ1) is 10.9. The second kappa shape index (κ2) is 5.98. The van der Waals surface area contributed by atoms with Gasteiger partial charge in [0.15, 0.2) is 0 Å². The summed E-state index contributed by atoms with van der Waals surface area (Å²) in [4.78, 5) is 5.41. The van der Waals surface area contributed by atoms with Gasteiger partial charge in [0.2, 0.25) is 0 Å². The van der Waals surface area contributed by atoms with Crippen molar-refractivity contribution >= 4 is 10.9 Å². The number of rotatable bonds is 4. The molecule has 1 aliphatic heterocycles. The van der Waals surface area contributed by atoms with E-state index < -0.39 is 0 Å². The van der Waals surface area contributed by atoms with Crippen LogP contribution in [-0.4, -0.2) is 24.6 Å². The summed E-state index contributed by atoms with van der Waals surface area (Å²) in [6, 6.07) is 19.4. The van der Waals surface area contributed by atoms with E-state index in [-0.39, 0.29) is 0 Å². The summed E-state index contributed by atoms with van der Waals surface area (Å²) in [5.74, 6) is 0. The Labute approximate surface area is 131 Å². The lowest BCUT2D eigenvalue weighted by atomic mass is 10.0. The Kier molecular flexibility index (Phi) is 3.69. The smallest absolute Gasteiger partial charge is 0.0812 e. The van der Waals surface area contributed by atoms with Crippen molar-refractivity contribution < 1.29 is 4.90 Å². The third kappa shape index (κ3) is 2.55. The molecule has 0 saturated carbocycles. The van der Waals surface area contributed by atoms with E-state index in [4.69, 9.17) is 0 Å². The Morgan fingerprint density at radius 2 is 1.59 bits per heavy atom. The summed E-state index contributed by atoms with van der Waals surface area (Å²) in [6.45, 7) is 3.95. The van der Waals surface area contributed by atoms with E-state index in [0.29, 0.717) is 0 Å². The van der Waals surface area contributed by atoms with Crippen LogP contribution in [0.2, 0.25) is 0 Å². The Hall–Kier alpha value is -2.06. The first-order valence-electron chi connectivity index (χ1n) is 8.40. The van der Waals surface area contributed by atoms with Crippen molar-refractivity contribution in [1.29, 1.82) is 0 Å². The maximum atomic E-state index is 3.65. The molecular formula is C20H23N2+. The highest BCUT2D eigenvalue weighted by Gasteiger charge is 2.18. The molecule has 4 rings (SSSR count). The average molecular weight is 291 g/mol. The number of fused-ring (bicyclic) bond motifs is 1. The third-order valence-corrected chi connectivity index (χ3v) is 4.92. The zero-order valence-corrected chi connectivity index (χ0v) is 12.9. The van der Waals surface area contributed by atoms with Gasteiger partial charge in [0.1, 0.15) is 0 Å². The topological polar surface area (TPSA) is 20.2 Å². The summed E-state index contributed by atoms with van der Waals surface area (Å²) >= 11 is 0. The van der Waals surface area contributed by atoms with Crippen molar-refractivity contribution in [2.75, 3.05) is 19.6 Å². The molecule has 1 saturated heterocycles. The summed E-state index contributed by atoms with van der Waals surface area (Å²) in [6.07, 6.45) is 3.95. The van der Waals surface area contributed by atoms with Gasteiger partial charge in [-0.05, 0) is 17.2 Å². The number of para-hydroxylation sites is 1. The summed E-state index contributed by atoms with van der Waals surface area (Å²) < 4.78 is 0. The monoisotopic (exact) mass is 291 g/mol. The van der Waals surface area contributed by atoms with Crippen LogP contribution >= 0.6 is 0 Å². The average Bonchev–Trinajstić information content (AvgIpc) is 3.21. The van der Waals surface area contributed by atoms with Crippen molar-refractivity contribution in [2.45, 2.75) is 19.3 Å². The predicted octanol–water partition coefficient (Wildman–Crippen LogP) is 3.06. The Bertz CT molecular complexity index is 752. The number of H-pyrrole nitrogens is 1. The van der Waals surface area contributed by atoms with Crippen LogP contribution in [0.1, 0.15) is 18.4 Å². The second-order valence-corrected chi connectivity index (χ2v) is 6.35. The molecule has 2 N–H and O–H groups in total. The van der Waals surface area contributed by atoms with E-state index in [1.807, 2.05) is 0 Å². The minimum atomic E-state index is 1.16. The van der Waals surface area contributed by atoms with E-state index >= 15 is 0 Å². The summed E-state index contributed by atoms with van der Waals surface area (Å²) in [5, 5.41) is 1.39. The molecule has 0 unspecified atom stereocenters. The van der Waals surface area contributed by atoms with E-state index in [9.17, 15) is 0 Å². The van der Waals surface area contributed by atoms with Crippen molar-refractivity contribution in [1.82, 2.24) is 4.98 Å². The van der Waals surface area contributed by atoms with Crippen LogP contribution in [0.15, 0.2) is 54.6 Å². The lowest BCUT2D eigenvalue weighted by Gasteiger charge is -2.12. The molecule has 2 heteroatoms. The number of aromatic amines is 1. The Morgan fingerprint density at radius 1 is 0.864 bits per heavy atom. The standard InChI is InChI=1S/C20H22N2/c1-2-8-16(9-3-1)20-18(12-15-22-13-6-7-14-22)17-10-4-5-11-19(17)21-20/h1-5,8-11,21H,6-7,12-15H2/p+1. The Balaban J connectivity index is 1.73. The number of benzene rings is 2. The fraction of sp³-hybridized carbons (Fsp3) is 0.300. The number of likely N-dealkylation sites (tertiary alicyclic amines) is 1. The first kappa shape index (κ1) is 13.6. The molecule has 1 fully saturated rings. The number of hydrogen-bond acceptors (Lipinski definition) is 0. The lowest BCUT2D eigenvalue weighted by molar-refractivity contribution is -0.887. The fourth-order valence-electron chi connectivity index (χ4n) is 3.74. The highest BCUT2D eigenvalue weighted by Crippen LogP contribution is 2.30. The van der Waals surface area contributed by atoms with Gasteiger partial charge in [-0.1, -0.05) is 48.5 Å². The van der Waals surface area contributed by atoms with Crippen LogP contribution in [0.5, 0.6) is 0 Å². The number of quaternary nitrogens is 1. The van der Waals surface area contributed by atoms with Crippen LogP contribution in [-0.2, 0) is 6.42 Å². The molecule has 1 aromatic heterocycles. The molecular weight excluding hydrogens is 268 g/mol. The first-order valence-corrected chi connectivity index (χ1v) is 8.40. The quantitative estimate of drug-likeness (QED) is 0.737. The maximum absolute atomic E-state index is 3.65. The Morgan fingerprint density at radius 3 is 2.41 bits per heavy atom. The van der Waals surface area contributed by atoms with Gasteiger partial charge in [0.25, 0.3) is 0 Å². The summed E-state index contributed by atoms with van der Waals surface area (Å²) in [7, 11) is 0. The van der Waals surface area contributed by atoms with E-state index in [1.165, 1.54) is 60.2 Å². The number of aromatic nitrogens is 1. The molecule has 22 heavy (non-hydrogen) atoms. The molecule has 0 radical (unpaired) electrons. The minimum absolute atomic E-state index is 1.16. The SMILES string of the molecule is c1ccc(-c2[nH]c3ccccc3c2CC[NH+]2CCCC2)cc1. The molecule has 0 aliphatic carbocycles. The zero-order chi connectivity index (χ0) is 14.8. The molecule has 0 atom stereocenters. The number of hydrogen-bond donors (Lipinski definition) is 2. The predicted molar refractivity (Wildman–Crippen MR) is 92.2 cm³/mol. The van der Waals surface area contributed by atoms with Gasteiger partial charge in [-0.3, -0.25) is 0 Å². The van der Waals surface area contributed by atoms with E-state index in [1.54, 1.807) is 4.90 Å². The van der Waals surface area contributed by atoms with Gasteiger partial charge in [-0.2, -0.15) is 0 Å². The van der Waals surface area contributed by atoms with E-state index in [0.717, 1.165) is 6.42 Å². The molecule has 1 aliphatic rings. The molecule has 2 nitrogen and oxygen atoms in total.